The molecule has 37 heavy (non-hydrogen) atoms. The summed E-state index contributed by atoms with van der Waals surface area (Å²) in [5.74, 6) is -1.33. The van der Waals surface area contributed by atoms with E-state index in [9.17, 15) is 27.9 Å². The largest absolute Gasteiger partial charge is 0.416 e. The van der Waals surface area contributed by atoms with E-state index in [4.69, 9.17) is 6.57 Å². The minimum absolute atomic E-state index is 0.191. The Morgan fingerprint density at radius 1 is 1.08 bits per heavy atom. The molecule has 1 heterocycles. The lowest BCUT2D eigenvalue weighted by atomic mass is 9.75. The number of aliphatic hydroxyl groups excluding tert-OH is 1. The van der Waals surface area contributed by atoms with Crippen LogP contribution in [0, 0.1) is 6.57 Å². The van der Waals surface area contributed by atoms with Gasteiger partial charge in [-0.1, -0.05) is 36.4 Å². The van der Waals surface area contributed by atoms with E-state index in [1.807, 2.05) is 30.3 Å². The molecule has 2 amide bonds. The number of halogens is 3. The van der Waals surface area contributed by atoms with Crippen molar-refractivity contribution < 1.29 is 27.9 Å². The molecule has 0 spiro atoms. The Kier molecular flexibility index (Phi) is 7.85. The minimum atomic E-state index is -4.57. The van der Waals surface area contributed by atoms with Crippen LogP contribution < -0.4 is 10.6 Å². The molecule has 10 heteroatoms. The normalized spacial score (nSPS) is 26.3. The first-order chi connectivity index (χ1) is 17.6. The van der Waals surface area contributed by atoms with E-state index in [-0.39, 0.29) is 11.6 Å². The van der Waals surface area contributed by atoms with Crippen LogP contribution in [0.2, 0.25) is 0 Å². The number of rotatable bonds is 6. The first-order valence-corrected chi connectivity index (χ1v) is 12.2. The fraction of sp³-hybridized carbons (Fsp3) is 0.444. The van der Waals surface area contributed by atoms with Gasteiger partial charge in [-0.25, -0.2) is 6.57 Å². The molecule has 7 nitrogen and oxygen atoms in total. The van der Waals surface area contributed by atoms with E-state index in [0.717, 1.165) is 49.4 Å². The van der Waals surface area contributed by atoms with Crippen LogP contribution in [0.4, 0.5) is 13.2 Å². The molecular formula is C27H29F3N4O3. The highest BCUT2D eigenvalue weighted by molar-refractivity contribution is 5.96. The minimum Gasteiger partial charge on any atom is -0.390 e. The van der Waals surface area contributed by atoms with E-state index >= 15 is 0 Å². The van der Waals surface area contributed by atoms with Gasteiger partial charge in [0.2, 0.25) is 5.91 Å². The van der Waals surface area contributed by atoms with Gasteiger partial charge in [-0.3, -0.25) is 14.5 Å². The number of amides is 2. The zero-order valence-corrected chi connectivity index (χ0v) is 20.2. The molecule has 2 aromatic carbocycles. The molecule has 1 aliphatic carbocycles. The summed E-state index contributed by atoms with van der Waals surface area (Å²) in [5, 5.41) is 15.6. The number of carbonyl (C=O) groups excluding carboxylic acids is 2. The van der Waals surface area contributed by atoms with E-state index in [1.54, 1.807) is 0 Å². The maximum Gasteiger partial charge on any atom is 0.416 e. The van der Waals surface area contributed by atoms with Crippen molar-refractivity contribution in [2.75, 3.05) is 19.6 Å². The first kappa shape index (κ1) is 26.6. The molecule has 2 aromatic rings. The van der Waals surface area contributed by atoms with Gasteiger partial charge in [0, 0.05) is 43.1 Å². The van der Waals surface area contributed by atoms with Gasteiger partial charge in [0.05, 0.1) is 24.3 Å². The molecule has 0 bridgehead atoms. The highest BCUT2D eigenvalue weighted by Gasteiger charge is 2.45. The van der Waals surface area contributed by atoms with E-state index in [2.05, 4.69) is 20.4 Å². The molecule has 3 N–H and O–H groups in total. The van der Waals surface area contributed by atoms with Gasteiger partial charge >= 0.3 is 6.18 Å². The smallest absolute Gasteiger partial charge is 0.390 e. The van der Waals surface area contributed by atoms with Crippen molar-refractivity contribution in [2.45, 2.75) is 55.6 Å². The number of hydrogen-bond donors (Lipinski definition) is 3. The summed E-state index contributed by atoms with van der Waals surface area (Å²) in [5.41, 5.74) is -0.638. The number of benzene rings is 2. The lowest BCUT2D eigenvalue weighted by Gasteiger charge is -2.36. The van der Waals surface area contributed by atoms with Gasteiger partial charge < -0.3 is 20.6 Å². The summed E-state index contributed by atoms with van der Waals surface area (Å²) in [6, 6.07) is 13.5. The molecule has 1 saturated heterocycles. The molecule has 4 rings (SSSR count). The predicted octanol–water partition coefficient (Wildman–Crippen LogP) is 3.35. The Hall–Kier alpha value is -3.42. The van der Waals surface area contributed by atoms with Gasteiger partial charge in [0.25, 0.3) is 11.4 Å². The third-order valence-corrected chi connectivity index (χ3v) is 7.35. The molecule has 2 atom stereocenters. The van der Waals surface area contributed by atoms with Crippen molar-refractivity contribution in [1.82, 2.24) is 15.5 Å². The second kappa shape index (κ2) is 10.9. The van der Waals surface area contributed by atoms with E-state index < -0.39 is 47.8 Å². The second-order valence-electron chi connectivity index (χ2n) is 9.70. The molecule has 1 aliphatic heterocycles. The Labute approximate surface area is 213 Å². The third kappa shape index (κ3) is 6.12. The number of nitrogens with zero attached hydrogens (tertiary/aromatic N) is 2. The maximum absolute atomic E-state index is 12.9. The average molecular weight is 515 g/mol. The number of carbonyl (C=O) groups is 2. The van der Waals surface area contributed by atoms with Crippen molar-refractivity contribution in [1.29, 1.82) is 0 Å². The maximum atomic E-state index is 12.9. The summed E-state index contributed by atoms with van der Waals surface area (Å²) in [7, 11) is 0. The first-order valence-electron chi connectivity index (χ1n) is 12.2. The van der Waals surface area contributed by atoms with Crippen LogP contribution in [-0.4, -0.2) is 59.6 Å². The monoisotopic (exact) mass is 514 g/mol. The van der Waals surface area contributed by atoms with Gasteiger partial charge in [0.15, 0.2) is 0 Å². The zero-order valence-electron chi connectivity index (χ0n) is 20.2. The quantitative estimate of drug-likeness (QED) is 0.517. The summed E-state index contributed by atoms with van der Waals surface area (Å²) in [6.07, 6.45) is -2.32. The summed E-state index contributed by atoms with van der Waals surface area (Å²) >= 11 is 0. The summed E-state index contributed by atoms with van der Waals surface area (Å²) < 4.78 is 38.6. The van der Waals surface area contributed by atoms with Crippen LogP contribution in [0.25, 0.3) is 4.85 Å². The summed E-state index contributed by atoms with van der Waals surface area (Å²) in [6.45, 7) is 8.21. The average Bonchev–Trinajstić information content (AvgIpc) is 3.27. The Morgan fingerprint density at radius 3 is 2.43 bits per heavy atom. The highest BCUT2D eigenvalue weighted by Crippen LogP contribution is 2.42. The second-order valence-corrected chi connectivity index (χ2v) is 9.70. The van der Waals surface area contributed by atoms with E-state index in [0.29, 0.717) is 13.1 Å². The van der Waals surface area contributed by atoms with Gasteiger partial charge in [-0.05, 0) is 31.0 Å². The van der Waals surface area contributed by atoms with E-state index in [1.165, 1.54) is 6.07 Å². The van der Waals surface area contributed by atoms with Crippen LogP contribution in [0.1, 0.15) is 47.2 Å². The molecule has 2 aliphatic rings. The Balaban J connectivity index is 1.26. The van der Waals surface area contributed by atoms with Crippen molar-refractivity contribution in [2.24, 2.45) is 0 Å². The SMILES string of the molecule is [C-]#[N+]C1(c2ccccc2)CCC(N2CC(NC(=O)CNC(=O)c3cccc(C(F)(F)F)c3)[C@@H](O)C2)CC1. The van der Waals surface area contributed by atoms with Gasteiger partial charge in [-0.2, -0.15) is 13.2 Å². The number of nitrogens with one attached hydrogen (secondary N) is 2. The van der Waals surface area contributed by atoms with Crippen LogP contribution in [0.5, 0.6) is 0 Å². The van der Waals surface area contributed by atoms with Crippen molar-refractivity contribution in [3.8, 4) is 0 Å². The highest BCUT2D eigenvalue weighted by atomic mass is 19.4. The third-order valence-electron chi connectivity index (χ3n) is 7.35. The van der Waals surface area contributed by atoms with Gasteiger partial charge in [-0.15, -0.1) is 0 Å². The topological polar surface area (TPSA) is 86.0 Å². The zero-order chi connectivity index (χ0) is 26.6. The molecular weight excluding hydrogens is 485 g/mol. The standard InChI is InChI=1S/C27H29F3N4O3/c1-31-26(19-7-3-2-4-8-19)12-10-21(11-13-26)34-16-22(23(35)17-34)33-24(36)15-32-25(37)18-6-5-9-20(14-18)27(28,29)30/h2-9,14,21-23,35H,10-13,15-17H2,(H,32,37)(H,33,36)/t21?,22?,23-,26?/m0/s1. The fourth-order valence-corrected chi connectivity index (χ4v) is 5.27. The fourth-order valence-electron chi connectivity index (χ4n) is 5.27. The Morgan fingerprint density at radius 2 is 1.78 bits per heavy atom. The molecule has 196 valence electrons. The van der Waals surface area contributed by atoms with Crippen LogP contribution >= 0.6 is 0 Å². The van der Waals surface area contributed by atoms with Crippen LogP contribution in [-0.2, 0) is 16.5 Å². The molecule has 0 radical (unpaired) electrons. The predicted molar refractivity (Wildman–Crippen MR) is 130 cm³/mol. The van der Waals surface area contributed by atoms with Crippen LogP contribution in [0.3, 0.4) is 0 Å². The molecule has 1 unspecified atom stereocenters. The number of likely N-dealkylation sites (tertiary alicyclic amines) is 1. The van der Waals surface area contributed by atoms with Gasteiger partial charge in [0.1, 0.15) is 0 Å². The molecule has 1 saturated carbocycles. The number of aliphatic hydroxyl groups is 1. The lowest BCUT2D eigenvalue weighted by molar-refractivity contribution is -0.137. The lowest BCUT2D eigenvalue weighted by Crippen LogP contribution is -2.47. The number of alkyl halides is 3. The molecule has 2 fully saturated rings. The number of β-amino-alcohol motifs (C(OH)–C–C–N with tert-alkyl or cyclic N) is 1. The number of hydrogen-bond acceptors (Lipinski definition) is 4. The Bertz CT molecular complexity index is 1160. The summed E-state index contributed by atoms with van der Waals surface area (Å²) in [4.78, 5) is 30.8. The van der Waals surface area contributed by atoms with Crippen molar-refractivity contribution >= 4 is 11.8 Å². The molecule has 0 aromatic heterocycles. The van der Waals surface area contributed by atoms with Crippen molar-refractivity contribution in [3.63, 3.8) is 0 Å². The van der Waals surface area contributed by atoms with Crippen molar-refractivity contribution in [3.05, 3.63) is 82.7 Å². The van der Waals surface area contributed by atoms with Crippen LogP contribution in [0.15, 0.2) is 54.6 Å².